The molecule has 1 aliphatic carbocycles. The summed E-state index contributed by atoms with van der Waals surface area (Å²) >= 11 is 0. The largest absolute Gasteiger partial charge is 0.392 e. The fourth-order valence-corrected chi connectivity index (χ4v) is 3.55. The molecule has 3 nitrogen and oxygen atoms in total. The molecule has 0 aromatic heterocycles. The molecule has 100 valence electrons. The Labute approximate surface area is 104 Å². The van der Waals surface area contributed by atoms with Crippen molar-refractivity contribution in [1.29, 1.82) is 0 Å². The van der Waals surface area contributed by atoms with Crippen molar-refractivity contribution < 1.29 is 14.6 Å². The summed E-state index contributed by atoms with van der Waals surface area (Å²) in [7, 11) is 1.70. The summed E-state index contributed by atoms with van der Waals surface area (Å²) in [5, 5.41) is 10.4. The standard InChI is InChI=1S/C14H26O3/c1-11(10-16-2)13(15)12-5-8-17-14(9-12)6-3-4-7-14/h11-13,15H,3-10H2,1-2H3. The third kappa shape index (κ3) is 3.01. The van der Waals surface area contributed by atoms with Gasteiger partial charge in [0.1, 0.15) is 0 Å². The Bertz CT molecular complexity index is 236. The lowest BCUT2D eigenvalue weighted by Crippen LogP contribution is -2.43. The third-order valence-corrected chi connectivity index (χ3v) is 4.54. The molecule has 1 aliphatic heterocycles. The molecule has 3 heteroatoms. The number of hydrogen-bond acceptors (Lipinski definition) is 3. The van der Waals surface area contributed by atoms with Crippen LogP contribution >= 0.6 is 0 Å². The molecule has 2 aliphatic rings. The van der Waals surface area contributed by atoms with E-state index >= 15 is 0 Å². The molecule has 1 saturated heterocycles. The fraction of sp³-hybridized carbons (Fsp3) is 1.00. The van der Waals surface area contributed by atoms with E-state index in [9.17, 15) is 5.11 Å². The molecule has 1 heterocycles. The van der Waals surface area contributed by atoms with E-state index in [1.807, 2.05) is 0 Å². The van der Waals surface area contributed by atoms with Crippen molar-refractivity contribution in [2.24, 2.45) is 11.8 Å². The van der Waals surface area contributed by atoms with E-state index in [0.717, 1.165) is 19.4 Å². The van der Waals surface area contributed by atoms with Gasteiger partial charge in [-0.1, -0.05) is 19.8 Å². The van der Waals surface area contributed by atoms with Gasteiger partial charge in [-0.15, -0.1) is 0 Å². The highest BCUT2D eigenvalue weighted by Crippen LogP contribution is 2.43. The predicted octanol–water partition coefficient (Wildman–Crippen LogP) is 2.37. The zero-order chi connectivity index (χ0) is 12.3. The lowest BCUT2D eigenvalue weighted by atomic mass is 9.78. The smallest absolute Gasteiger partial charge is 0.0686 e. The van der Waals surface area contributed by atoms with Crippen molar-refractivity contribution in [3.05, 3.63) is 0 Å². The van der Waals surface area contributed by atoms with Crippen molar-refractivity contribution in [2.45, 2.75) is 57.2 Å². The molecule has 0 aromatic carbocycles. The van der Waals surface area contributed by atoms with E-state index in [-0.39, 0.29) is 17.6 Å². The van der Waals surface area contributed by atoms with Crippen LogP contribution < -0.4 is 0 Å². The quantitative estimate of drug-likeness (QED) is 0.822. The Balaban J connectivity index is 1.92. The molecule has 2 fully saturated rings. The lowest BCUT2D eigenvalue weighted by molar-refractivity contribution is -0.121. The van der Waals surface area contributed by atoms with Crippen LogP contribution in [0.25, 0.3) is 0 Å². The van der Waals surface area contributed by atoms with Crippen LogP contribution in [0.2, 0.25) is 0 Å². The molecular weight excluding hydrogens is 216 g/mol. The average Bonchev–Trinajstić information content (AvgIpc) is 2.76. The van der Waals surface area contributed by atoms with Crippen molar-refractivity contribution in [3.63, 3.8) is 0 Å². The van der Waals surface area contributed by atoms with Crippen LogP contribution in [0, 0.1) is 11.8 Å². The van der Waals surface area contributed by atoms with Gasteiger partial charge in [-0.25, -0.2) is 0 Å². The normalized spacial score (nSPS) is 31.6. The second-order valence-electron chi connectivity index (χ2n) is 5.91. The Morgan fingerprint density at radius 1 is 1.41 bits per heavy atom. The summed E-state index contributed by atoms with van der Waals surface area (Å²) in [6.45, 7) is 3.54. The molecule has 3 unspecified atom stereocenters. The second kappa shape index (κ2) is 5.68. The van der Waals surface area contributed by atoms with Gasteiger partial charge in [0.25, 0.3) is 0 Å². The summed E-state index contributed by atoms with van der Waals surface area (Å²) in [5.74, 6) is 0.619. The van der Waals surface area contributed by atoms with Crippen LogP contribution in [0.1, 0.15) is 45.4 Å². The maximum Gasteiger partial charge on any atom is 0.0686 e. The van der Waals surface area contributed by atoms with Crippen LogP contribution in [-0.4, -0.2) is 37.1 Å². The minimum Gasteiger partial charge on any atom is -0.392 e. The van der Waals surface area contributed by atoms with Crippen LogP contribution in [0.3, 0.4) is 0 Å². The first kappa shape index (κ1) is 13.3. The van der Waals surface area contributed by atoms with Gasteiger partial charge in [0.05, 0.1) is 18.3 Å². The van der Waals surface area contributed by atoms with Gasteiger partial charge in [-0.2, -0.15) is 0 Å². The number of aliphatic hydroxyl groups is 1. The highest BCUT2D eigenvalue weighted by Gasteiger charge is 2.42. The van der Waals surface area contributed by atoms with Crippen LogP contribution in [-0.2, 0) is 9.47 Å². The molecule has 3 atom stereocenters. The van der Waals surface area contributed by atoms with E-state index in [1.54, 1.807) is 7.11 Å². The molecule has 0 bridgehead atoms. The molecule has 0 amide bonds. The lowest BCUT2D eigenvalue weighted by Gasteiger charge is -2.41. The number of hydrogen-bond donors (Lipinski definition) is 1. The first-order chi connectivity index (χ1) is 8.17. The number of ether oxygens (including phenoxy) is 2. The summed E-state index contributed by atoms with van der Waals surface area (Å²) in [4.78, 5) is 0. The van der Waals surface area contributed by atoms with Gasteiger partial charge in [-0.3, -0.25) is 0 Å². The Morgan fingerprint density at radius 3 is 2.76 bits per heavy atom. The van der Waals surface area contributed by atoms with E-state index < -0.39 is 0 Å². The zero-order valence-electron chi connectivity index (χ0n) is 11.2. The van der Waals surface area contributed by atoms with Crippen molar-refractivity contribution >= 4 is 0 Å². The van der Waals surface area contributed by atoms with Gasteiger partial charge in [0.15, 0.2) is 0 Å². The number of rotatable bonds is 4. The average molecular weight is 242 g/mol. The fourth-order valence-electron chi connectivity index (χ4n) is 3.55. The molecule has 17 heavy (non-hydrogen) atoms. The van der Waals surface area contributed by atoms with Gasteiger partial charge < -0.3 is 14.6 Å². The van der Waals surface area contributed by atoms with E-state index in [2.05, 4.69) is 6.92 Å². The van der Waals surface area contributed by atoms with Crippen LogP contribution in [0.5, 0.6) is 0 Å². The third-order valence-electron chi connectivity index (χ3n) is 4.54. The van der Waals surface area contributed by atoms with Crippen molar-refractivity contribution in [1.82, 2.24) is 0 Å². The summed E-state index contributed by atoms with van der Waals surface area (Å²) in [6.07, 6.45) is 6.76. The Morgan fingerprint density at radius 2 is 2.12 bits per heavy atom. The molecular formula is C14H26O3. The van der Waals surface area contributed by atoms with E-state index in [4.69, 9.17) is 9.47 Å². The minimum absolute atomic E-state index is 0.108. The van der Waals surface area contributed by atoms with Crippen molar-refractivity contribution in [3.8, 4) is 0 Å². The molecule has 1 N–H and O–H groups in total. The topological polar surface area (TPSA) is 38.7 Å². The maximum absolute atomic E-state index is 10.4. The SMILES string of the molecule is COCC(C)C(O)C1CCOC2(CCCC2)C1. The number of aliphatic hydroxyl groups excluding tert-OH is 1. The molecule has 0 radical (unpaired) electrons. The summed E-state index contributed by atoms with van der Waals surface area (Å²) in [6, 6.07) is 0. The summed E-state index contributed by atoms with van der Waals surface area (Å²) < 4.78 is 11.1. The molecule has 1 saturated carbocycles. The minimum atomic E-state index is -0.240. The first-order valence-corrected chi connectivity index (χ1v) is 6.98. The molecule has 2 rings (SSSR count). The highest BCUT2D eigenvalue weighted by atomic mass is 16.5. The highest BCUT2D eigenvalue weighted by molar-refractivity contribution is 4.93. The van der Waals surface area contributed by atoms with Crippen molar-refractivity contribution in [2.75, 3.05) is 20.3 Å². The number of methoxy groups -OCH3 is 1. The first-order valence-electron chi connectivity index (χ1n) is 6.98. The van der Waals surface area contributed by atoms with Gasteiger partial charge in [0, 0.05) is 19.6 Å². The summed E-state index contributed by atoms with van der Waals surface area (Å²) in [5.41, 5.74) is 0.108. The Hall–Kier alpha value is -0.120. The van der Waals surface area contributed by atoms with E-state index in [0.29, 0.717) is 12.5 Å². The molecule has 1 spiro atoms. The van der Waals surface area contributed by atoms with Crippen LogP contribution in [0.4, 0.5) is 0 Å². The monoisotopic (exact) mass is 242 g/mol. The zero-order valence-corrected chi connectivity index (χ0v) is 11.2. The molecule has 0 aromatic rings. The van der Waals surface area contributed by atoms with Crippen LogP contribution in [0.15, 0.2) is 0 Å². The Kier molecular flexibility index (Phi) is 4.45. The second-order valence-corrected chi connectivity index (χ2v) is 5.91. The van der Waals surface area contributed by atoms with Gasteiger partial charge >= 0.3 is 0 Å². The van der Waals surface area contributed by atoms with Gasteiger partial charge in [-0.05, 0) is 31.6 Å². The predicted molar refractivity (Wildman–Crippen MR) is 66.9 cm³/mol. The maximum atomic E-state index is 10.4. The van der Waals surface area contributed by atoms with Gasteiger partial charge in [0.2, 0.25) is 0 Å². The van der Waals surface area contributed by atoms with E-state index in [1.165, 1.54) is 25.7 Å².